The van der Waals surface area contributed by atoms with Crippen LogP contribution >= 0.6 is 23.2 Å². The van der Waals surface area contributed by atoms with Gasteiger partial charge >= 0.3 is 5.97 Å². The Balaban J connectivity index is 3.05. The molecular formula is C10H13Cl2N3O2. The van der Waals surface area contributed by atoms with Crippen molar-refractivity contribution in [3.63, 3.8) is 0 Å². The standard InChI is InChI=1S/C10H13Cl2N3O2/c1-6(2)15(5-9(16)17-3)7-4-8(11)13-14-10(7)12/h4,6H,5H2,1-3H3. The highest BCUT2D eigenvalue weighted by Crippen LogP contribution is 2.26. The van der Waals surface area contributed by atoms with E-state index in [1.807, 2.05) is 13.8 Å². The highest BCUT2D eigenvalue weighted by molar-refractivity contribution is 6.33. The average molecular weight is 278 g/mol. The van der Waals surface area contributed by atoms with Gasteiger partial charge in [0, 0.05) is 12.1 Å². The fourth-order valence-corrected chi connectivity index (χ4v) is 1.64. The maximum atomic E-state index is 11.3. The minimum Gasteiger partial charge on any atom is -0.468 e. The minimum absolute atomic E-state index is 0.0480. The molecule has 0 N–H and O–H groups in total. The molecule has 0 aliphatic rings. The van der Waals surface area contributed by atoms with E-state index < -0.39 is 0 Å². The lowest BCUT2D eigenvalue weighted by Crippen LogP contribution is -2.36. The van der Waals surface area contributed by atoms with Crippen LogP contribution < -0.4 is 4.90 Å². The average Bonchev–Trinajstić information content (AvgIpc) is 2.28. The van der Waals surface area contributed by atoms with Gasteiger partial charge in [-0.1, -0.05) is 23.2 Å². The van der Waals surface area contributed by atoms with E-state index in [0.717, 1.165) is 0 Å². The van der Waals surface area contributed by atoms with Gasteiger partial charge < -0.3 is 9.64 Å². The van der Waals surface area contributed by atoms with E-state index in [1.54, 1.807) is 11.0 Å². The van der Waals surface area contributed by atoms with Crippen molar-refractivity contribution in [1.82, 2.24) is 10.2 Å². The van der Waals surface area contributed by atoms with Crippen LogP contribution in [-0.2, 0) is 9.53 Å². The zero-order chi connectivity index (χ0) is 13.0. The molecule has 17 heavy (non-hydrogen) atoms. The SMILES string of the molecule is COC(=O)CN(c1cc(Cl)nnc1Cl)C(C)C. The minimum atomic E-state index is -0.359. The van der Waals surface area contributed by atoms with Crippen molar-refractivity contribution in [2.75, 3.05) is 18.6 Å². The van der Waals surface area contributed by atoms with E-state index in [9.17, 15) is 4.79 Å². The summed E-state index contributed by atoms with van der Waals surface area (Å²) in [6.45, 7) is 3.93. The molecule has 0 bridgehead atoms. The van der Waals surface area contributed by atoms with Crippen LogP contribution in [0.15, 0.2) is 6.07 Å². The molecule has 0 fully saturated rings. The van der Waals surface area contributed by atoms with Crippen LogP contribution in [-0.4, -0.2) is 35.9 Å². The normalized spacial score (nSPS) is 10.5. The zero-order valence-electron chi connectivity index (χ0n) is 9.78. The second-order valence-corrected chi connectivity index (χ2v) is 4.39. The fourth-order valence-electron chi connectivity index (χ4n) is 1.30. The molecule has 0 saturated heterocycles. The van der Waals surface area contributed by atoms with Crippen LogP contribution in [0.25, 0.3) is 0 Å². The summed E-state index contributed by atoms with van der Waals surface area (Å²) in [6, 6.07) is 1.62. The molecule has 0 spiro atoms. The van der Waals surface area contributed by atoms with E-state index in [-0.39, 0.29) is 28.9 Å². The molecule has 5 nitrogen and oxygen atoms in total. The third kappa shape index (κ3) is 3.71. The Morgan fingerprint density at radius 3 is 2.65 bits per heavy atom. The number of halogens is 2. The van der Waals surface area contributed by atoms with Crippen LogP contribution in [0.4, 0.5) is 5.69 Å². The smallest absolute Gasteiger partial charge is 0.325 e. The van der Waals surface area contributed by atoms with Gasteiger partial charge in [0.05, 0.1) is 12.8 Å². The Morgan fingerprint density at radius 1 is 1.47 bits per heavy atom. The van der Waals surface area contributed by atoms with Crippen molar-refractivity contribution < 1.29 is 9.53 Å². The van der Waals surface area contributed by atoms with Gasteiger partial charge in [-0.2, -0.15) is 0 Å². The van der Waals surface area contributed by atoms with Crippen LogP contribution in [0.1, 0.15) is 13.8 Å². The molecule has 1 aromatic rings. The molecule has 0 atom stereocenters. The lowest BCUT2D eigenvalue weighted by atomic mass is 10.3. The third-order valence-corrected chi connectivity index (χ3v) is 2.61. The number of esters is 1. The van der Waals surface area contributed by atoms with E-state index in [4.69, 9.17) is 23.2 Å². The van der Waals surface area contributed by atoms with E-state index in [1.165, 1.54) is 7.11 Å². The van der Waals surface area contributed by atoms with Crippen LogP contribution in [0.3, 0.4) is 0 Å². The first-order valence-electron chi connectivity index (χ1n) is 4.98. The topological polar surface area (TPSA) is 55.3 Å². The Labute approximate surface area is 110 Å². The van der Waals surface area contributed by atoms with Gasteiger partial charge in [0.2, 0.25) is 0 Å². The quantitative estimate of drug-likeness (QED) is 0.790. The van der Waals surface area contributed by atoms with Crippen molar-refractivity contribution in [2.45, 2.75) is 19.9 Å². The maximum Gasteiger partial charge on any atom is 0.325 e. The summed E-state index contributed by atoms with van der Waals surface area (Å²) in [6.07, 6.45) is 0. The Kier molecular flexibility index (Phi) is 4.96. The van der Waals surface area contributed by atoms with Crippen LogP contribution in [0.2, 0.25) is 10.3 Å². The first kappa shape index (κ1) is 14.0. The lowest BCUT2D eigenvalue weighted by Gasteiger charge is -2.27. The molecule has 0 saturated carbocycles. The first-order valence-corrected chi connectivity index (χ1v) is 5.73. The summed E-state index contributed by atoms with van der Waals surface area (Å²) in [5.74, 6) is -0.359. The monoisotopic (exact) mass is 277 g/mol. The number of anilines is 1. The fraction of sp³-hybridized carbons (Fsp3) is 0.500. The van der Waals surface area contributed by atoms with Gasteiger partial charge in [0.25, 0.3) is 0 Å². The predicted molar refractivity (Wildman–Crippen MR) is 66.6 cm³/mol. The molecule has 1 rings (SSSR count). The number of hydrogen-bond donors (Lipinski definition) is 0. The molecule has 1 heterocycles. The number of carbonyl (C=O) groups excluding carboxylic acids is 1. The predicted octanol–water partition coefficient (Wildman–Crippen LogP) is 2.17. The van der Waals surface area contributed by atoms with Crippen molar-refractivity contribution in [3.8, 4) is 0 Å². The van der Waals surface area contributed by atoms with E-state index in [0.29, 0.717) is 5.69 Å². The summed E-state index contributed by atoms with van der Waals surface area (Å²) in [5, 5.41) is 7.75. The second-order valence-electron chi connectivity index (χ2n) is 3.64. The molecule has 0 aliphatic carbocycles. The first-order chi connectivity index (χ1) is 7.95. The van der Waals surface area contributed by atoms with Gasteiger partial charge in [0.1, 0.15) is 6.54 Å². The molecule has 1 aromatic heterocycles. The number of rotatable bonds is 4. The highest BCUT2D eigenvalue weighted by atomic mass is 35.5. The summed E-state index contributed by atoms with van der Waals surface area (Å²) < 4.78 is 4.63. The van der Waals surface area contributed by atoms with Gasteiger partial charge in [0.15, 0.2) is 10.3 Å². The zero-order valence-corrected chi connectivity index (χ0v) is 11.3. The summed E-state index contributed by atoms with van der Waals surface area (Å²) in [5.41, 5.74) is 0.562. The van der Waals surface area contributed by atoms with Crippen LogP contribution in [0, 0.1) is 0 Å². The summed E-state index contributed by atoms with van der Waals surface area (Å²) >= 11 is 11.7. The van der Waals surface area contributed by atoms with Crippen molar-refractivity contribution in [1.29, 1.82) is 0 Å². The maximum absolute atomic E-state index is 11.3. The molecule has 0 aliphatic heterocycles. The molecule has 94 valence electrons. The number of carbonyl (C=O) groups is 1. The lowest BCUT2D eigenvalue weighted by molar-refractivity contribution is -0.139. The van der Waals surface area contributed by atoms with Gasteiger partial charge in [-0.05, 0) is 13.8 Å². The van der Waals surface area contributed by atoms with E-state index >= 15 is 0 Å². The molecule has 0 radical (unpaired) electrons. The largest absolute Gasteiger partial charge is 0.468 e. The highest BCUT2D eigenvalue weighted by Gasteiger charge is 2.19. The third-order valence-electron chi connectivity index (χ3n) is 2.16. The molecular weight excluding hydrogens is 265 g/mol. The second kappa shape index (κ2) is 6.02. The Bertz CT molecular complexity index is 413. The van der Waals surface area contributed by atoms with Gasteiger partial charge in [-0.15, -0.1) is 10.2 Å². The van der Waals surface area contributed by atoms with Crippen LogP contribution in [0.5, 0.6) is 0 Å². The van der Waals surface area contributed by atoms with Gasteiger partial charge in [-0.25, -0.2) is 0 Å². The Morgan fingerprint density at radius 2 is 2.12 bits per heavy atom. The van der Waals surface area contributed by atoms with E-state index in [2.05, 4.69) is 14.9 Å². The van der Waals surface area contributed by atoms with Crippen molar-refractivity contribution >= 4 is 34.9 Å². The number of aromatic nitrogens is 2. The number of ether oxygens (including phenoxy) is 1. The Hall–Kier alpha value is -1.07. The van der Waals surface area contributed by atoms with Gasteiger partial charge in [-0.3, -0.25) is 4.79 Å². The molecule has 7 heteroatoms. The molecule has 0 aromatic carbocycles. The number of methoxy groups -OCH3 is 1. The number of hydrogen-bond acceptors (Lipinski definition) is 5. The van der Waals surface area contributed by atoms with Crippen molar-refractivity contribution in [2.24, 2.45) is 0 Å². The molecule has 0 amide bonds. The summed E-state index contributed by atoms with van der Waals surface area (Å²) in [4.78, 5) is 13.1. The van der Waals surface area contributed by atoms with Crippen molar-refractivity contribution in [3.05, 3.63) is 16.4 Å². The molecule has 0 unspecified atom stereocenters. The number of nitrogens with zero attached hydrogens (tertiary/aromatic N) is 3. The summed E-state index contributed by atoms with van der Waals surface area (Å²) in [7, 11) is 1.33.